The van der Waals surface area contributed by atoms with Crippen molar-refractivity contribution in [1.29, 1.82) is 0 Å². The lowest BCUT2D eigenvalue weighted by Crippen LogP contribution is -2.34. The van der Waals surface area contributed by atoms with Gasteiger partial charge < -0.3 is 10.6 Å². The van der Waals surface area contributed by atoms with E-state index in [2.05, 4.69) is 28.5 Å². The summed E-state index contributed by atoms with van der Waals surface area (Å²) in [5, 5.41) is 11.2. The second kappa shape index (κ2) is 10.5. The van der Waals surface area contributed by atoms with Crippen LogP contribution in [0.5, 0.6) is 0 Å². The predicted molar refractivity (Wildman–Crippen MR) is 133 cm³/mol. The van der Waals surface area contributed by atoms with Crippen molar-refractivity contribution in [2.75, 3.05) is 11.9 Å². The monoisotopic (exact) mass is 462 g/mol. The molecule has 4 aromatic rings. The number of benzene rings is 3. The summed E-state index contributed by atoms with van der Waals surface area (Å²) < 4.78 is 1.46. The number of halogens is 1. The first-order valence-electron chi connectivity index (χ1n) is 10.3. The van der Waals surface area contributed by atoms with Gasteiger partial charge in [-0.1, -0.05) is 66.2 Å². The minimum atomic E-state index is -0.467. The van der Waals surface area contributed by atoms with Gasteiger partial charge in [0.05, 0.1) is 6.20 Å². The van der Waals surface area contributed by atoms with Gasteiger partial charge in [-0.3, -0.25) is 4.79 Å². The summed E-state index contributed by atoms with van der Waals surface area (Å²) in [5.41, 5.74) is 4.78. The van der Waals surface area contributed by atoms with Gasteiger partial charge in [0.25, 0.3) is 0 Å². The summed E-state index contributed by atoms with van der Waals surface area (Å²) in [6.45, 7) is 0.654. The maximum Gasteiger partial charge on any atom is 0.246 e. The minimum Gasteiger partial charge on any atom is -0.324 e. The number of amides is 1. The van der Waals surface area contributed by atoms with Crippen molar-refractivity contribution in [3.05, 3.63) is 107 Å². The summed E-state index contributed by atoms with van der Waals surface area (Å²) in [6, 6.07) is 24.7. The molecule has 1 unspecified atom stereocenters. The van der Waals surface area contributed by atoms with Crippen LogP contribution < -0.4 is 10.6 Å². The Balaban J connectivity index is 1.43. The van der Waals surface area contributed by atoms with E-state index in [0.717, 1.165) is 34.4 Å². The molecule has 1 atom stereocenters. The maximum atomic E-state index is 13.1. The first-order chi connectivity index (χ1) is 15.6. The zero-order chi connectivity index (χ0) is 22.3. The third-order valence-electron chi connectivity index (χ3n) is 5.13. The van der Waals surface area contributed by atoms with E-state index in [1.54, 1.807) is 6.20 Å². The van der Waals surface area contributed by atoms with Crippen LogP contribution in [-0.4, -0.2) is 21.6 Å². The first kappa shape index (κ1) is 22.1. The smallest absolute Gasteiger partial charge is 0.246 e. The van der Waals surface area contributed by atoms with Crippen molar-refractivity contribution in [3.8, 4) is 11.1 Å². The van der Waals surface area contributed by atoms with Crippen LogP contribution in [0.1, 0.15) is 17.2 Å². The third kappa shape index (κ3) is 5.79. The molecule has 5 nitrogen and oxygen atoms in total. The fourth-order valence-corrected chi connectivity index (χ4v) is 3.74. The van der Waals surface area contributed by atoms with Gasteiger partial charge in [-0.15, -0.1) is 0 Å². The summed E-state index contributed by atoms with van der Waals surface area (Å²) >= 11 is 10.1. The van der Waals surface area contributed by atoms with Crippen molar-refractivity contribution in [3.63, 3.8) is 0 Å². The van der Waals surface area contributed by atoms with Crippen LogP contribution in [-0.2, 0) is 11.2 Å². The van der Waals surface area contributed by atoms with Crippen LogP contribution in [0.3, 0.4) is 0 Å². The first-order valence-corrected chi connectivity index (χ1v) is 11.0. The second-order valence-electron chi connectivity index (χ2n) is 7.39. The highest BCUT2D eigenvalue weighted by atomic mass is 35.5. The van der Waals surface area contributed by atoms with E-state index in [0.29, 0.717) is 11.6 Å². The van der Waals surface area contributed by atoms with Crippen LogP contribution in [0.2, 0.25) is 5.02 Å². The molecule has 0 aliphatic carbocycles. The maximum absolute atomic E-state index is 13.1. The molecule has 0 spiro atoms. The largest absolute Gasteiger partial charge is 0.324 e. The number of carbonyl (C=O) groups is 1. The quantitative estimate of drug-likeness (QED) is 0.307. The van der Waals surface area contributed by atoms with E-state index in [-0.39, 0.29) is 5.91 Å². The van der Waals surface area contributed by atoms with Crippen molar-refractivity contribution in [2.24, 2.45) is 0 Å². The van der Waals surface area contributed by atoms with Crippen molar-refractivity contribution >= 4 is 36.0 Å². The molecule has 0 fully saturated rings. The molecule has 1 amide bonds. The Kier molecular flexibility index (Phi) is 7.27. The van der Waals surface area contributed by atoms with E-state index in [1.165, 1.54) is 4.09 Å². The van der Waals surface area contributed by atoms with Gasteiger partial charge in [0, 0.05) is 29.0 Å². The molecule has 0 saturated heterocycles. The number of nitrogens with zero attached hydrogens (tertiary/aromatic N) is 2. The average Bonchev–Trinajstić information content (AvgIpc) is 3.25. The molecule has 1 heterocycles. The SMILES string of the molecule is O=C(Nc1ccc(-c2cnn(S)c2)cc1)C(NCCc1ccc(Cl)cc1)c1ccccc1. The summed E-state index contributed by atoms with van der Waals surface area (Å²) in [4.78, 5) is 13.1. The van der Waals surface area contributed by atoms with Gasteiger partial charge in [0.15, 0.2) is 0 Å². The van der Waals surface area contributed by atoms with Crippen LogP contribution in [0.15, 0.2) is 91.3 Å². The summed E-state index contributed by atoms with van der Waals surface area (Å²) in [5.74, 6) is -0.108. The van der Waals surface area contributed by atoms with Gasteiger partial charge in [0.1, 0.15) is 6.04 Å². The minimum absolute atomic E-state index is 0.108. The molecule has 0 radical (unpaired) electrons. The molecule has 0 bridgehead atoms. The highest BCUT2D eigenvalue weighted by Crippen LogP contribution is 2.22. The molecule has 162 valence electrons. The number of rotatable bonds is 8. The average molecular weight is 463 g/mol. The topological polar surface area (TPSA) is 59.0 Å². The highest BCUT2D eigenvalue weighted by molar-refractivity contribution is 7.78. The third-order valence-corrected chi connectivity index (χ3v) is 5.60. The van der Waals surface area contributed by atoms with E-state index >= 15 is 0 Å². The van der Waals surface area contributed by atoms with Crippen molar-refractivity contribution in [1.82, 2.24) is 14.5 Å². The van der Waals surface area contributed by atoms with Gasteiger partial charge in [0.2, 0.25) is 5.91 Å². The molecular weight excluding hydrogens is 440 g/mol. The number of hydrogen-bond acceptors (Lipinski definition) is 4. The van der Waals surface area contributed by atoms with Crippen LogP contribution in [0.4, 0.5) is 5.69 Å². The Morgan fingerprint density at radius 2 is 1.69 bits per heavy atom. The van der Waals surface area contributed by atoms with Gasteiger partial charge >= 0.3 is 0 Å². The van der Waals surface area contributed by atoms with Crippen LogP contribution in [0.25, 0.3) is 11.1 Å². The fraction of sp³-hybridized carbons (Fsp3) is 0.120. The molecule has 4 rings (SSSR count). The van der Waals surface area contributed by atoms with E-state index in [9.17, 15) is 4.79 Å². The standard InChI is InChI=1S/C25H23ClN4OS/c26-22-10-6-18(7-11-22)14-15-27-24(20-4-2-1-3-5-20)25(31)29-23-12-8-19(9-13-23)21-16-28-30(32)17-21/h1-13,16-17,24,27,32H,14-15H2,(H,29,31). The molecular formula is C25H23ClN4OS. The summed E-state index contributed by atoms with van der Waals surface area (Å²) in [7, 11) is 0. The van der Waals surface area contributed by atoms with E-state index < -0.39 is 6.04 Å². The van der Waals surface area contributed by atoms with Gasteiger partial charge in [-0.05, 0) is 60.2 Å². The number of anilines is 1. The molecule has 2 N–H and O–H groups in total. The fourth-order valence-electron chi connectivity index (χ4n) is 3.44. The predicted octanol–water partition coefficient (Wildman–Crippen LogP) is 5.41. The number of thiol groups is 1. The zero-order valence-electron chi connectivity index (χ0n) is 17.3. The number of carbonyl (C=O) groups excluding carboxylic acids is 1. The number of hydrogen-bond donors (Lipinski definition) is 3. The Hall–Kier alpha value is -3.06. The Morgan fingerprint density at radius 1 is 0.969 bits per heavy atom. The molecule has 32 heavy (non-hydrogen) atoms. The molecule has 1 aromatic heterocycles. The lowest BCUT2D eigenvalue weighted by Gasteiger charge is -2.19. The Morgan fingerprint density at radius 3 is 2.34 bits per heavy atom. The van der Waals surface area contributed by atoms with Gasteiger partial charge in [-0.2, -0.15) is 5.10 Å². The Bertz CT molecular complexity index is 1160. The molecule has 0 aliphatic rings. The number of nitrogens with one attached hydrogen (secondary N) is 2. The number of aromatic nitrogens is 2. The van der Waals surface area contributed by atoms with Crippen molar-refractivity contribution in [2.45, 2.75) is 12.5 Å². The highest BCUT2D eigenvalue weighted by Gasteiger charge is 2.20. The molecule has 0 aliphatic heterocycles. The van der Waals surface area contributed by atoms with E-state index in [4.69, 9.17) is 11.6 Å². The second-order valence-corrected chi connectivity index (χ2v) is 8.24. The van der Waals surface area contributed by atoms with E-state index in [1.807, 2.05) is 85.1 Å². The lowest BCUT2D eigenvalue weighted by molar-refractivity contribution is -0.118. The van der Waals surface area contributed by atoms with Crippen LogP contribution in [0, 0.1) is 0 Å². The molecule has 3 aromatic carbocycles. The Labute approximate surface area is 198 Å². The van der Waals surface area contributed by atoms with Crippen LogP contribution >= 0.6 is 24.4 Å². The lowest BCUT2D eigenvalue weighted by atomic mass is 10.0. The molecule has 7 heteroatoms. The zero-order valence-corrected chi connectivity index (χ0v) is 18.9. The van der Waals surface area contributed by atoms with Gasteiger partial charge in [-0.25, -0.2) is 4.09 Å². The normalized spacial score (nSPS) is 11.8. The summed E-state index contributed by atoms with van der Waals surface area (Å²) in [6.07, 6.45) is 4.37. The van der Waals surface area contributed by atoms with Crippen molar-refractivity contribution < 1.29 is 4.79 Å². The molecule has 0 saturated carbocycles.